The molecule has 1 aliphatic carbocycles. The molecule has 162 valence electrons. The van der Waals surface area contributed by atoms with E-state index in [0.717, 1.165) is 22.8 Å². The molecule has 2 aromatic heterocycles. The van der Waals surface area contributed by atoms with E-state index in [1.807, 2.05) is 0 Å². The van der Waals surface area contributed by atoms with Crippen LogP contribution in [0.15, 0.2) is 40.0 Å². The Morgan fingerprint density at radius 2 is 1.90 bits per heavy atom. The van der Waals surface area contributed by atoms with E-state index in [2.05, 4.69) is 20.4 Å². The van der Waals surface area contributed by atoms with Crippen molar-refractivity contribution in [2.24, 2.45) is 0 Å². The molecule has 2 N–H and O–H groups in total. The summed E-state index contributed by atoms with van der Waals surface area (Å²) in [5.74, 6) is 0.133. The van der Waals surface area contributed by atoms with Crippen molar-refractivity contribution in [3.63, 3.8) is 0 Å². The molecular formula is C20H22N6O4S. The Morgan fingerprint density at radius 3 is 2.58 bits per heavy atom. The number of fused-ring (bicyclic) bond motifs is 1. The van der Waals surface area contributed by atoms with Crippen molar-refractivity contribution in [2.75, 3.05) is 19.4 Å². The minimum absolute atomic E-state index is 0.0925. The van der Waals surface area contributed by atoms with Gasteiger partial charge in [-0.05, 0) is 50.5 Å². The molecule has 0 spiro atoms. The molecule has 31 heavy (non-hydrogen) atoms. The van der Waals surface area contributed by atoms with E-state index in [9.17, 15) is 18.0 Å². The standard InChI is InChI=1S/C20H22N6O4S/c1-12-11-17(26(24-12)20-21-16-6-4-5-15(16)19(28)23-20)22-18(27)13-7-9-14(10-8-13)31(29,30)25(2)3/h7-11H,4-6H2,1-3H3,(H,22,27)(H,21,23,28). The summed E-state index contributed by atoms with van der Waals surface area (Å²) in [6, 6.07) is 7.30. The highest BCUT2D eigenvalue weighted by atomic mass is 32.2. The molecule has 0 unspecified atom stereocenters. The molecular weight excluding hydrogens is 420 g/mol. The van der Waals surface area contributed by atoms with Gasteiger partial charge < -0.3 is 5.32 Å². The van der Waals surface area contributed by atoms with E-state index in [1.54, 1.807) is 13.0 Å². The van der Waals surface area contributed by atoms with Crippen LogP contribution in [-0.4, -0.2) is 52.5 Å². The predicted octanol–water partition coefficient (Wildman–Crippen LogP) is 1.26. The van der Waals surface area contributed by atoms with Crippen molar-refractivity contribution in [1.82, 2.24) is 24.1 Å². The Morgan fingerprint density at radius 1 is 1.19 bits per heavy atom. The lowest BCUT2D eigenvalue weighted by Gasteiger charge is -2.12. The molecule has 0 saturated carbocycles. The van der Waals surface area contributed by atoms with Gasteiger partial charge in [0.25, 0.3) is 11.5 Å². The Bertz CT molecular complexity index is 1320. The number of hydrogen-bond acceptors (Lipinski definition) is 6. The van der Waals surface area contributed by atoms with Gasteiger partial charge in [0.15, 0.2) is 0 Å². The number of anilines is 1. The van der Waals surface area contributed by atoms with Gasteiger partial charge in [-0.25, -0.2) is 17.7 Å². The third kappa shape index (κ3) is 3.89. The first-order chi connectivity index (χ1) is 14.7. The van der Waals surface area contributed by atoms with Crippen LogP contribution in [0.4, 0.5) is 5.82 Å². The molecule has 0 saturated heterocycles. The van der Waals surface area contributed by atoms with Gasteiger partial charge in [-0.15, -0.1) is 0 Å². The largest absolute Gasteiger partial charge is 0.306 e. The maximum Gasteiger partial charge on any atom is 0.256 e. The van der Waals surface area contributed by atoms with Crippen LogP contribution in [0, 0.1) is 6.92 Å². The minimum Gasteiger partial charge on any atom is -0.306 e. The van der Waals surface area contributed by atoms with Gasteiger partial charge in [0.1, 0.15) is 5.82 Å². The first kappa shape index (κ1) is 20.9. The van der Waals surface area contributed by atoms with Crippen molar-refractivity contribution in [1.29, 1.82) is 0 Å². The van der Waals surface area contributed by atoms with Crippen LogP contribution in [0.5, 0.6) is 0 Å². The van der Waals surface area contributed by atoms with E-state index in [1.165, 1.54) is 43.0 Å². The van der Waals surface area contributed by atoms with Crippen LogP contribution in [0.25, 0.3) is 5.95 Å². The SMILES string of the molecule is Cc1cc(NC(=O)c2ccc(S(=O)(=O)N(C)C)cc2)n(-c2nc3c(c(=O)[nH]2)CCC3)n1. The fourth-order valence-corrected chi connectivity index (χ4v) is 4.36. The molecule has 4 rings (SSSR count). The number of aromatic nitrogens is 4. The van der Waals surface area contributed by atoms with Crippen molar-refractivity contribution in [3.8, 4) is 5.95 Å². The van der Waals surface area contributed by atoms with Crippen LogP contribution >= 0.6 is 0 Å². The van der Waals surface area contributed by atoms with Crippen molar-refractivity contribution < 1.29 is 13.2 Å². The highest BCUT2D eigenvalue weighted by Gasteiger charge is 2.21. The molecule has 11 heteroatoms. The summed E-state index contributed by atoms with van der Waals surface area (Å²) in [4.78, 5) is 32.4. The van der Waals surface area contributed by atoms with Gasteiger partial charge in [-0.3, -0.25) is 14.6 Å². The van der Waals surface area contributed by atoms with Gasteiger partial charge >= 0.3 is 0 Å². The van der Waals surface area contributed by atoms with Crippen LogP contribution < -0.4 is 10.9 Å². The molecule has 10 nitrogen and oxygen atoms in total. The van der Waals surface area contributed by atoms with Gasteiger partial charge in [0.05, 0.1) is 16.3 Å². The van der Waals surface area contributed by atoms with Crippen LogP contribution in [0.3, 0.4) is 0 Å². The van der Waals surface area contributed by atoms with Gasteiger partial charge in [-0.2, -0.15) is 9.78 Å². The monoisotopic (exact) mass is 442 g/mol. The number of carbonyl (C=O) groups is 1. The van der Waals surface area contributed by atoms with E-state index < -0.39 is 15.9 Å². The zero-order valence-corrected chi connectivity index (χ0v) is 18.2. The van der Waals surface area contributed by atoms with Gasteiger partial charge in [0, 0.05) is 31.3 Å². The fraction of sp³-hybridized carbons (Fsp3) is 0.300. The first-order valence-corrected chi connectivity index (χ1v) is 11.1. The topological polar surface area (TPSA) is 130 Å². The number of amides is 1. The van der Waals surface area contributed by atoms with Crippen LogP contribution in [0.1, 0.15) is 33.7 Å². The highest BCUT2D eigenvalue weighted by molar-refractivity contribution is 7.89. The summed E-state index contributed by atoms with van der Waals surface area (Å²) in [5.41, 5.74) is 2.16. The summed E-state index contributed by atoms with van der Waals surface area (Å²) in [6.45, 7) is 1.76. The first-order valence-electron chi connectivity index (χ1n) is 9.70. The second-order valence-electron chi connectivity index (χ2n) is 7.52. The lowest BCUT2D eigenvalue weighted by atomic mass is 10.2. The summed E-state index contributed by atoms with van der Waals surface area (Å²) in [6.07, 6.45) is 2.33. The molecule has 0 aliphatic heterocycles. The van der Waals surface area contributed by atoms with E-state index in [-0.39, 0.29) is 22.0 Å². The lowest BCUT2D eigenvalue weighted by molar-refractivity contribution is 0.102. The van der Waals surface area contributed by atoms with Crippen molar-refractivity contribution in [3.05, 3.63) is 63.2 Å². The molecule has 0 fully saturated rings. The number of carbonyl (C=O) groups excluding carboxylic acids is 1. The summed E-state index contributed by atoms with van der Waals surface area (Å²) in [5, 5.41) is 7.10. The Balaban J connectivity index is 1.62. The Labute approximate surface area is 179 Å². The quantitative estimate of drug-likeness (QED) is 0.612. The van der Waals surface area contributed by atoms with E-state index in [4.69, 9.17) is 0 Å². The number of hydrogen-bond donors (Lipinski definition) is 2. The summed E-state index contributed by atoms with van der Waals surface area (Å²) in [7, 11) is -0.699. The highest BCUT2D eigenvalue weighted by Crippen LogP contribution is 2.20. The molecule has 0 radical (unpaired) electrons. The van der Waals surface area contributed by atoms with Crippen molar-refractivity contribution in [2.45, 2.75) is 31.1 Å². The number of sulfonamides is 1. The van der Waals surface area contributed by atoms with Gasteiger partial charge in [-0.1, -0.05) is 0 Å². The van der Waals surface area contributed by atoms with E-state index in [0.29, 0.717) is 23.5 Å². The van der Waals surface area contributed by atoms with Crippen LogP contribution in [0.2, 0.25) is 0 Å². The number of nitrogens with zero attached hydrogens (tertiary/aromatic N) is 4. The molecule has 1 aromatic carbocycles. The summed E-state index contributed by atoms with van der Waals surface area (Å²) < 4.78 is 26.9. The average Bonchev–Trinajstić information content (AvgIpc) is 3.34. The number of aryl methyl sites for hydroxylation is 2. The molecule has 3 aromatic rings. The summed E-state index contributed by atoms with van der Waals surface area (Å²) >= 11 is 0. The maximum atomic E-state index is 12.8. The number of benzene rings is 1. The third-order valence-corrected chi connectivity index (χ3v) is 6.93. The number of rotatable bonds is 5. The number of H-pyrrole nitrogens is 1. The normalized spacial score (nSPS) is 13.4. The maximum absolute atomic E-state index is 12.8. The minimum atomic E-state index is -3.58. The zero-order chi connectivity index (χ0) is 22.3. The smallest absolute Gasteiger partial charge is 0.256 e. The number of aromatic amines is 1. The molecule has 0 atom stereocenters. The number of nitrogens with one attached hydrogen (secondary N) is 2. The third-order valence-electron chi connectivity index (χ3n) is 5.10. The fourth-order valence-electron chi connectivity index (χ4n) is 3.46. The Kier molecular flexibility index (Phi) is 5.23. The zero-order valence-electron chi connectivity index (χ0n) is 17.3. The molecule has 1 aliphatic rings. The Hall–Kier alpha value is -3.31. The average molecular weight is 443 g/mol. The van der Waals surface area contributed by atoms with Crippen LogP contribution in [-0.2, 0) is 22.9 Å². The van der Waals surface area contributed by atoms with Gasteiger partial charge in [0.2, 0.25) is 16.0 Å². The predicted molar refractivity (Wildman–Crippen MR) is 114 cm³/mol. The second kappa shape index (κ2) is 7.75. The molecule has 2 heterocycles. The lowest BCUT2D eigenvalue weighted by Crippen LogP contribution is -2.22. The molecule has 0 bridgehead atoms. The van der Waals surface area contributed by atoms with Crippen molar-refractivity contribution >= 4 is 21.7 Å². The molecule has 1 amide bonds. The second-order valence-corrected chi connectivity index (χ2v) is 9.67. The van der Waals surface area contributed by atoms with E-state index >= 15 is 0 Å².